The number of nitriles is 1. The first-order valence-electron chi connectivity index (χ1n) is 8.17. The molecule has 0 aliphatic carbocycles. The van der Waals surface area contributed by atoms with Crippen molar-refractivity contribution in [1.29, 1.82) is 5.26 Å². The van der Waals surface area contributed by atoms with Crippen molar-refractivity contribution in [2.75, 3.05) is 0 Å². The molecule has 0 saturated carbocycles. The minimum atomic E-state index is -0.707. The SMILES string of the molecule is CC[C@H](C)[C@H](NC(=O)c1cccc(CC#N)c1)C(=O)OC(C)(C)C. The normalized spacial score (nSPS) is 13.5. The fourth-order valence-corrected chi connectivity index (χ4v) is 2.17. The summed E-state index contributed by atoms with van der Waals surface area (Å²) < 4.78 is 5.43. The molecule has 0 saturated heterocycles. The second-order valence-electron chi connectivity index (χ2n) is 6.91. The van der Waals surface area contributed by atoms with Crippen LogP contribution >= 0.6 is 0 Å². The number of hydrogen-bond donors (Lipinski definition) is 1. The lowest BCUT2D eigenvalue weighted by Crippen LogP contribution is -2.47. The Labute approximate surface area is 144 Å². The standard InChI is InChI=1S/C19H26N2O3/c1-6-13(2)16(18(23)24-19(3,4)5)21-17(22)15-9-7-8-14(12-15)10-11-20/h7-9,12-13,16H,6,10H2,1-5H3,(H,21,22)/t13-,16-/m0/s1. The van der Waals surface area contributed by atoms with Crippen LogP contribution < -0.4 is 5.32 Å². The molecule has 1 aromatic carbocycles. The Morgan fingerprint density at radius 3 is 2.54 bits per heavy atom. The summed E-state index contributed by atoms with van der Waals surface area (Å²) in [6.07, 6.45) is 0.973. The van der Waals surface area contributed by atoms with Crippen molar-refractivity contribution in [3.63, 3.8) is 0 Å². The van der Waals surface area contributed by atoms with E-state index in [1.807, 2.05) is 13.8 Å². The maximum atomic E-state index is 12.5. The third kappa shape index (κ3) is 6.04. The average Bonchev–Trinajstić information content (AvgIpc) is 2.50. The number of ether oxygens (including phenoxy) is 1. The molecular weight excluding hydrogens is 304 g/mol. The number of nitrogens with one attached hydrogen (secondary N) is 1. The van der Waals surface area contributed by atoms with Gasteiger partial charge in [0.05, 0.1) is 12.5 Å². The molecule has 0 fully saturated rings. The Bertz CT molecular complexity index is 626. The van der Waals surface area contributed by atoms with Crippen molar-refractivity contribution in [3.8, 4) is 6.07 Å². The van der Waals surface area contributed by atoms with E-state index >= 15 is 0 Å². The Hall–Kier alpha value is -2.35. The van der Waals surface area contributed by atoms with Crippen LogP contribution in [-0.4, -0.2) is 23.5 Å². The molecule has 0 aromatic heterocycles. The highest BCUT2D eigenvalue weighted by Gasteiger charge is 2.30. The van der Waals surface area contributed by atoms with E-state index in [4.69, 9.17) is 10.00 Å². The van der Waals surface area contributed by atoms with Crippen molar-refractivity contribution in [2.45, 2.75) is 59.1 Å². The summed E-state index contributed by atoms with van der Waals surface area (Å²) in [6.45, 7) is 9.26. The molecule has 0 radical (unpaired) electrons. The molecule has 0 spiro atoms. The van der Waals surface area contributed by atoms with Gasteiger partial charge in [-0.3, -0.25) is 4.79 Å². The molecule has 2 atom stereocenters. The zero-order chi connectivity index (χ0) is 18.3. The molecule has 5 nitrogen and oxygen atoms in total. The number of amides is 1. The van der Waals surface area contributed by atoms with E-state index in [1.165, 1.54) is 0 Å². The summed E-state index contributed by atoms with van der Waals surface area (Å²) in [5.41, 5.74) is 0.586. The van der Waals surface area contributed by atoms with E-state index < -0.39 is 17.6 Å². The van der Waals surface area contributed by atoms with Gasteiger partial charge in [-0.2, -0.15) is 5.26 Å². The van der Waals surface area contributed by atoms with E-state index in [-0.39, 0.29) is 18.2 Å². The molecular formula is C19H26N2O3. The fraction of sp³-hybridized carbons (Fsp3) is 0.526. The molecule has 0 bridgehead atoms. The number of hydrogen-bond acceptors (Lipinski definition) is 4. The molecule has 1 amide bonds. The van der Waals surface area contributed by atoms with Gasteiger partial charge in [0.15, 0.2) is 0 Å². The Morgan fingerprint density at radius 2 is 2.00 bits per heavy atom. The van der Waals surface area contributed by atoms with Gasteiger partial charge in [-0.05, 0) is 44.4 Å². The van der Waals surface area contributed by atoms with E-state index in [1.54, 1.807) is 45.0 Å². The van der Waals surface area contributed by atoms with Crippen LogP contribution in [0.2, 0.25) is 0 Å². The predicted molar refractivity (Wildman–Crippen MR) is 92.3 cm³/mol. The van der Waals surface area contributed by atoms with Crippen LogP contribution in [0.1, 0.15) is 57.0 Å². The lowest BCUT2D eigenvalue weighted by Gasteiger charge is -2.27. The second-order valence-corrected chi connectivity index (χ2v) is 6.91. The molecule has 1 aromatic rings. The van der Waals surface area contributed by atoms with Gasteiger partial charge >= 0.3 is 5.97 Å². The van der Waals surface area contributed by atoms with E-state index in [0.29, 0.717) is 5.56 Å². The molecule has 0 unspecified atom stereocenters. The van der Waals surface area contributed by atoms with Crippen LogP contribution in [-0.2, 0) is 16.0 Å². The summed E-state index contributed by atoms with van der Waals surface area (Å²) in [5.74, 6) is -0.824. The number of carbonyl (C=O) groups excluding carboxylic acids is 2. The first kappa shape index (κ1) is 19.7. The highest BCUT2D eigenvalue weighted by atomic mass is 16.6. The first-order valence-corrected chi connectivity index (χ1v) is 8.17. The summed E-state index contributed by atoms with van der Waals surface area (Å²) in [4.78, 5) is 24.9. The van der Waals surface area contributed by atoms with Crippen molar-refractivity contribution in [3.05, 3.63) is 35.4 Å². The van der Waals surface area contributed by atoms with Gasteiger partial charge in [0.1, 0.15) is 11.6 Å². The number of rotatable bonds is 6. The van der Waals surface area contributed by atoms with E-state index in [2.05, 4.69) is 11.4 Å². The van der Waals surface area contributed by atoms with E-state index in [0.717, 1.165) is 12.0 Å². The minimum Gasteiger partial charge on any atom is -0.458 e. The van der Waals surface area contributed by atoms with Crippen LogP contribution in [0.5, 0.6) is 0 Å². The van der Waals surface area contributed by atoms with Crippen molar-refractivity contribution in [1.82, 2.24) is 5.32 Å². The van der Waals surface area contributed by atoms with E-state index in [9.17, 15) is 9.59 Å². The highest BCUT2D eigenvalue weighted by molar-refractivity contribution is 5.97. The van der Waals surface area contributed by atoms with Gasteiger partial charge in [0.2, 0.25) is 0 Å². The molecule has 0 aliphatic rings. The largest absolute Gasteiger partial charge is 0.458 e. The quantitative estimate of drug-likeness (QED) is 0.812. The van der Waals surface area contributed by atoms with Gasteiger partial charge < -0.3 is 10.1 Å². The zero-order valence-electron chi connectivity index (χ0n) is 15.1. The average molecular weight is 330 g/mol. The van der Waals surface area contributed by atoms with Crippen LogP contribution in [0.3, 0.4) is 0 Å². The smallest absolute Gasteiger partial charge is 0.329 e. The number of carbonyl (C=O) groups is 2. The van der Waals surface area contributed by atoms with Crippen molar-refractivity contribution >= 4 is 11.9 Å². The lowest BCUT2D eigenvalue weighted by atomic mass is 9.98. The predicted octanol–water partition coefficient (Wildman–Crippen LogP) is 3.24. The Kier molecular flexibility index (Phi) is 6.97. The van der Waals surface area contributed by atoms with Crippen molar-refractivity contribution in [2.24, 2.45) is 5.92 Å². The molecule has 0 aliphatic heterocycles. The van der Waals surface area contributed by atoms with Crippen molar-refractivity contribution < 1.29 is 14.3 Å². The second kappa shape index (κ2) is 8.49. The molecule has 1 rings (SSSR count). The Morgan fingerprint density at radius 1 is 1.33 bits per heavy atom. The third-order valence-corrected chi connectivity index (χ3v) is 3.63. The number of nitrogens with zero attached hydrogens (tertiary/aromatic N) is 1. The summed E-state index contributed by atoms with van der Waals surface area (Å²) in [7, 11) is 0. The van der Waals surface area contributed by atoms with Gasteiger partial charge in [-0.25, -0.2) is 4.79 Å². The van der Waals surface area contributed by atoms with Crippen LogP contribution in [0, 0.1) is 17.2 Å². The topological polar surface area (TPSA) is 79.2 Å². The van der Waals surface area contributed by atoms with Gasteiger partial charge in [-0.1, -0.05) is 32.4 Å². The molecule has 0 heterocycles. The van der Waals surface area contributed by atoms with Gasteiger partial charge in [0, 0.05) is 5.56 Å². The molecule has 5 heteroatoms. The van der Waals surface area contributed by atoms with Crippen LogP contribution in [0.25, 0.3) is 0 Å². The monoisotopic (exact) mass is 330 g/mol. The van der Waals surface area contributed by atoms with Gasteiger partial charge in [-0.15, -0.1) is 0 Å². The highest BCUT2D eigenvalue weighted by Crippen LogP contribution is 2.16. The van der Waals surface area contributed by atoms with Crippen LogP contribution in [0.4, 0.5) is 0 Å². The van der Waals surface area contributed by atoms with Gasteiger partial charge in [0.25, 0.3) is 5.91 Å². The molecule has 130 valence electrons. The molecule has 24 heavy (non-hydrogen) atoms. The van der Waals surface area contributed by atoms with Crippen LogP contribution in [0.15, 0.2) is 24.3 Å². The Balaban J connectivity index is 2.94. The summed E-state index contributed by atoms with van der Waals surface area (Å²) in [5, 5.41) is 11.5. The fourth-order valence-electron chi connectivity index (χ4n) is 2.17. The first-order chi connectivity index (χ1) is 11.2. The maximum Gasteiger partial charge on any atom is 0.329 e. The lowest BCUT2D eigenvalue weighted by molar-refractivity contribution is -0.158. The summed E-state index contributed by atoms with van der Waals surface area (Å²) in [6, 6.07) is 8.20. The summed E-state index contributed by atoms with van der Waals surface area (Å²) >= 11 is 0. The number of esters is 1. The molecule has 1 N–H and O–H groups in total. The third-order valence-electron chi connectivity index (χ3n) is 3.63. The zero-order valence-corrected chi connectivity index (χ0v) is 15.1. The minimum absolute atomic E-state index is 0.0499. The maximum absolute atomic E-state index is 12.5. The number of benzene rings is 1.